The van der Waals surface area contributed by atoms with E-state index in [1.54, 1.807) is 6.08 Å². The summed E-state index contributed by atoms with van der Waals surface area (Å²) in [5.74, 6) is 0. The molecule has 0 spiro atoms. The third kappa shape index (κ3) is 5.11. The van der Waals surface area contributed by atoms with Crippen molar-refractivity contribution in [2.24, 2.45) is 0 Å². The molecule has 2 rings (SSSR count). The number of urea groups is 1. The van der Waals surface area contributed by atoms with Crippen LogP contribution in [0.15, 0.2) is 43.0 Å². The van der Waals surface area contributed by atoms with Crippen LogP contribution in [0.4, 0.5) is 10.5 Å². The Morgan fingerprint density at radius 3 is 2.52 bits per heavy atom. The van der Waals surface area contributed by atoms with Gasteiger partial charge in [-0.25, -0.2) is 4.79 Å². The molecule has 1 fully saturated rings. The molecule has 1 aliphatic rings. The van der Waals surface area contributed by atoms with E-state index in [4.69, 9.17) is 0 Å². The minimum atomic E-state index is -0.127. The van der Waals surface area contributed by atoms with Gasteiger partial charge in [-0.15, -0.1) is 6.58 Å². The highest BCUT2D eigenvalue weighted by Crippen LogP contribution is 2.15. The molecular formula is C16H24N4O. The van der Waals surface area contributed by atoms with Gasteiger partial charge in [0.05, 0.1) is 0 Å². The van der Waals surface area contributed by atoms with Crippen molar-refractivity contribution in [2.75, 3.05) is 50.7 Å². The Labute approximate surface area is 126 Å². The van der Waals surface area contributed by atoms with E-state index in [-0.39, 0.29) is 6.03 Å². The summed E-state index contributed by atoms with van der Waals surface area (Å²) < 4.78 is 0. The number of hydrogen-bond donors (Lipinski definition) is 2. The summed E-state index contributed by atoms with van der Waals surface area (Å²) in [4.78, 5) is 16.2. The molecule has 0 unspecified atom stereocenters. The molecule has 0 aromatic heterocycles. The average molecular weight is 288 g/mol. The first-order valence-corrected chi connectivity index (χ1v) is 7.44. The zero-order valence-electron chi connectivity index (χ0n) is 12.4. The van der Waals surface area contributed by atoms with Crippen LogP contribution in [0.5, 0.6) is 0 Å². The Hall–Kier alpha value is -2.01. The topological polar surface area (TPSA) is 47.6 Å². The standard InChI is InChI=1S/C16H24N4O/c1-2-8-17-16(21)18-9-10-19-11-13-20(14-12-19)15-6-4-3-5-7-15/h2-7H,1,8-14H2,(H2,17,18,21). The minimum absolute atomic E-state index is 0.127. The molecule has 0 radical (unpaired) electrons. The first kappa shape index (κ1) is 15.4. The lowest BCUT2D eigenvalue weighted by Gasteiger charge is -2.36. The number of para-hydroxylation sites is 1. The van der Waals surface area contributed by atoms with Crippen LogP contribution < -0.4 is 15.5 Å². The van der Waals surface area contributed by atoms with E-state index in [0.29, 0.717) is 13.1 Å². The van der Waals surface area contributed by atoms with Gasteiger partial charge in [0.15, 0.2) is 0 Å². The molecule has 2 amide bonds. The molecule has 1 saturated heterocycles. The van der Waals surface area contributed by atoms with Crippen LogP contribution in [0.2, 0.25) is 0 Å². The van der Waals surface area contributed by atoms with Gasteiger partial charge in [0, 0.05) is 51.5 Å². The van der Waals surface area contributed by atoms with E-state index in [1.807, 2.05) is 6.07 Å². The smallest absolute Gasteiger partial charge is 0.315 e. The first-order valence-electron chi connectivity index (χ1n) is 7.44. The van der Waals surface area contributed by atoms with Crippen molar-refractivity contribution in [3.05, 3.63) is 43.0 Å². The molecule has 2 N–H and O–H groups in total. The third-order valence-corrected chi connectivity index (χ3v) is 3.61. The second kappa shape index (κ2) is 8.32. The van der Waals surface area contributed by atoms with Crippen molar-refractivity contribution in [1.82, 2.24) is 15.5 Å². The maximum Gasteiger partial charge on any atom is 0.315 e. The number of carbonyl (C=O) groups is 1. The van der Waals surface area contributed by atoms with Gasteiger partial charge in [0.2, 0.25) is 0 Å². The summed E-state index contributed by atoms with van der Waals surface area (Å²) in [6.45, 7) is 9.77. The van der Waals surface area contributed by atoms with Gasteiger partial charge in [0.1, 0.15) is 0 Å². The van der Waals surface area contributed by atoms with Crippen molar-refractivity contribution in [2.45, 2.75) is 0 Å². The SMILES string of the molecule is C=CCNC(=O)NCCN1CCN(c2ccccc2)CC1. The molecule has 1 aromatic rings. The number of amides is 2. The fourth-order valence-electron chi connectivity index (χ4n) is 2.42. The lowest BCUT2D eigenvalue weighted by atomic mass is 10.2. The molecule has 5 nitrogen and oxygen atoms in total. The number of carbonyl (C=O) groups excluding carboxylic acids is 1. The van der Waals surface area contributed by atoms with E-state index in [9.17, 15) is 4.79 Å². The zero-order chi connectivity index (χ0) is 14.9. The number of piperazine rings is 1. The number of hydrogen-bond acceptors (Lipinski definition) is 3. The number of anilines is 1. The highest BCUT2D eigenvalue weighted by molar-refractivity contribution is 5.73. The maximum absolute atomic E-state index is 11.4. The second-order valence-corrected chi connectivity index (χ2v) is 5.09. The molecule has 0 bridgehead atoms. The van der Waals surface area contributed by atoms with Gasteiger partial charge in [-0.05, 0) is 12.1 Å². The van der Waals surface area contributed by atoms with Crippen LogP contribution in [0.1, 0.15) is 0 Å². The van der Waals surface area contributed by atoms with Crippen molar-refractivity contribution in [3.8, 4) is 0 Å². The molecule has 21 heavy (non-hydrogen) atoms. The Balaban J connectivity index is 1.63. The number of benzene rings is 1. The fraction of sp³-hybridized carbons (Fsp3) is 0.438. The molecule has 1 heterocycles. The Kier molecular flexibility index (Phi) is 6.09. The van der Waals surface area contributed by atoms with Crippen molar-refractivity contribution < 1.29 is 4.79 Å². The summed E-state index contributed by atoms with van der Waals surface area (Å²) in [6, 6.07) is 10.4. The third-order valence-electron chi connectivity index (χ3n) is 3.61. The predicted octanol–water partition coefficient (Wildman–Crippen LogP) is 1.29. The first-order chi connectivity index (χ1) is 10.3. The van der Waals surface area contributed by atoms with Gasteiger partial charge in [-0.2, -0.15) is 0 Å². The zero-order valence-corrected chi connectivity index (χ0v) is 12.4. The van der Waals surface area contributed by atoms with E-state index in [0.717, 1.165) is 32.7 Å². The van der Waals surface area contributed by atoms with E-state index >= 15 is 0 Å². The highest BCUT2D eigenvalue weighted by Gasteiger charge is 2.16. The Morgan fingerprint density at radius 2 is 1.86 bits per heavy atom. The van der Waals surface area contributed by atoms with Crippen LogP contribution in [0, 0.1) is 0 Å². The average Bonchev–Trinajstić information content (AvgIpc) is 2.54. The van der Waals surface area contributed by atoms with Crippen LogP contribution in [0.25, 0.3) is 0 Å². The molecule has 1 aromatic carbocycles. The van der Waals surface area contributed by atoms with Crippen LogP contribution in [-0.2, 0) is 0 Å². The van der Waals surface area contributed by atoms with Crippen molar-refractivity contribution in [1.29, 1.82) is 0 Å². The molecule has 1 aliphatic heterocycles. The normalized spacial score (nSPS) is 15.5. The van der Waals surface area contributed by atoms with Gasteiger partial charge < -0.3 is 15.5 Å². The highest BCUT2D eigenvalue weighted by atomic mass is 16.2. The van der Waals surface area contributed by atoms with Crippen LogP contribution in [-0.4, -0.2) is 56.7 Å². The summed E-state index contributed by atoms with van der Waals surface area (Å²) in [5, 5.41) is 5.56. The van der Waals surface area contributed by atoms with Crippen LogP contribution in [0.3, 0.4) is 0 Å². The maximum atomic E-state index is 11.4. The van der Waals surface area contributed by atoms with E-state index in [2.05, 4.69) is 51.3 Å². The summed E-state index contributed by atoms with van der Waals surface area (Å²) in [6.07, 6.45) is 1.67. The Morgan fingerprint density at radius 1 is 1.14 bits per heavy atom. The fourth-order valence-corrected chi connectivity index (χ4v) is 2.42. The molecular weight excluding hydrogens is 264 g/mol. The van der Waals surface area contributed by atoms with E-state index < -0.39 is 0 Å². The molecule has 0 saturated carbocycles. The van der Waals surface area contributed by atoms with E-state index in [1.165, 1.54) is 5.69 Å². The number of nitrogens with zero attached hydrogens (tertiary/aromatic N) is 2. The van der Waals surface area contributed by atoms with Gasteiger partial charge >= 0.3 is 6.03 Å². The molecule has 5 heteroatoms. The van der Waals surface area contributed by atoms with Crippen molar-refractivity contribution in [3.63, 3.8) is 0 Å². The Bertz CT molecular complexity index is 441. The molecule has 0 aliphatic carbocycles. The second-order valence-electron chi connectivity index (χ2n) is 5.09. The van der Waals surface area contributed by atoms with Crippen LogP contribution >= 0.6 is 0 Å². The number of rotatable bonds is 6. The minimum Gasteiger partial charge on any atom is -0.369 e. The van der Waals surface area contributed by atoms with Crippen molar-refractivity contribution >= 4 is 11.7 Å². The quantitative estimate of drug-likeness (QED) is 0.776. The van der Waals surface area contributed by atoms with Gasteiger partial charge in [0.25, 0.3) is 0 Å². The lowest BCUT2D eigenvalue weighted by Crippen LogP contribution is -2.49. The summed E-state index contributed by atoms with van der Waals surface area (Å²) in [7, 11) is 0. The summed E-state index contributed by atoms with van der Waals surface area (Å²) in [5.41, 5.74) is 1.29. The van der Waals surface area contributed by atoms with Gasteiger partial charge in [-0.3, -0.25) is 4.90 Å². The summed E-state index contributed by atoms with van der Waals surface area (Å²) >= 11 is 0. The molecule has 114 valence electrons. The largest absolute Gasteiger partial charge is 0.369 e. The lowest BCUT2D eigenvalue weighted by molar-refractivity contribution is 0.233. The molecule has 0 atom stereocenters. The monoisotopic (exact) mass is 288 g/mol. The predicted molar refractivity (Wildman–Crippen MR) is 86.7 cm³/mol. The number of nitrogens with one attached hydrogen (secondary N) is 2. The van der Waals surface area contributed by atoms with Gasteiger partial charge in [-0.1, -0.05) is 24.3 Å².